The van der Waals surface area contributed by atoms with Crippen molar-refractivity contribution in [3.63, 3.8) is 0 Å². The van der Waals surface area contributed by atoms with Gasteiger partial charge in [-0.15, -0.1) is 0 Å². The van der Waals surface area contributed by atoms with Gasteiger partial charge in [0.1, 0.15) is 5.54 Å². The van der Waals surface area contributed by atoms with E-state index in [0.29, 0.717) is 0 Å². The van der Waals surface area contributed by atoms with E-state index in [1.807, 2.05) is 13.8 Å². The normalized spacial score (nSPS) is 21.3. The third-order valence-electron chi connectivity index (χ3n) is 3.07. The molecule has 0 aromatic carbocycles. The molecule has 0 bridgehead atoms. The number of nitrogens with one attached hydrogen (secondary N) is 1. The average Bonchev–Trinajstić information content (AvgIpc) is 2.31. The summed E-state index contributed by atoms with van der Waals surface area (Å²) in [6.07, 6.45) is 1.98. The molecule has 0 aromatic rings. The maximum absolute atomic E-state index is 9.11. The quantitative estimate of drug-likeness (QED) is 0.732. The highest BCUT2D eigenvalue weighted by atomic mass is 16.5. The molecule has 1 unspecified atom stereocenters. The SMILES string of the molecule is CCNC(C)(C#N)CCCN1CCOCC1. The standard InChI is InChI=1S/C12H23N3O/c1-3-14-12(2,11-13)5-4-6-15-7-9-16-10-8-15/h14H,3-10H2,1-2H3. The Balaban J connectivity index is 2.20. The third kappa shape index (κ3) is 4.48. The van der Waals surface area contributed by atoms with Gasteiger partial charge in [0.15, 0.2) is 0 Å². The van der Waals surface area contributed by atoms with Gasteiger partial charge >= 0.3 is 0 Å². The second kappa shape index (κ2) is 6.85. The summed E-state index contributed by atoms with van der Waals surface area (Å²) in [7, 11) is 0. The number of ether oxygens (including phenoxy) is 1. The summed E-state index contributed by atoms with van der Waals surface area (Å²) in [6, 6.07) is 2.36. The van der Waals surface area contributed by atoms with Gasteiger partial charge in [0, 0.05) is 13.1 Å². The minimum absolute atomic E-state index is 0.360. The van der Waals surface area contributed by atoms with Gasteiger partial charge in [-0.05, 0) is 32.9 Å². The molecule has 92 valence electrons. The van der Waals surface area contributed by atoms with E-state index in [0.717, 1.165) is 52.2 Å². The molecule has 1 saturated heterocycles. The van der Waals surface area contributed by atoms with Gasteiger partial charge in [0.05, 0.1) is 19.3 Å². The third-order valence-corrected chi connectivity index (χ3v) is 3.07. The Bertz CT molecular complexity index is 233. The van der Waals surface area contributed by atoms with Gasteiger partial charge in [-0.3, -0.25) is 10.2 Å². The molecule has 1 fully saturated rings. The molecule has 0 amide bonds. The molecular formula is C12H23N3O. The second-order valence-electron chi connectivity index (χ2n) is 4.53. The maximum atomic E-state index is 9.11. The molecule has 1 aliphatic heterocycles. The van der Waals surface area contributed by atoms with Crippen LogP contribution in [0.2, 0.25) is 0 Å². The van der Waals surface area contributed by atoms with Gasteiger partial charge in [0.2, 0.25) is 0 Å². The van der Waals surface area contributed by atoms with Crippen molar-refractivity contribution >= 4 is 0 Å². The van der Waals surface area contributed by atoms with Gasteiger partial charge in [-0.2, -0.15) is 5.26 Å². The van der Waals surface area contributed by atoms with Crippen LogP contribution in [0.3, 0.4) is 0 Å². The van der Waals surface area contributed by atoms with E-state index in [-0.39, 0.29) is 5.54 Å². The van der Waals surface area contributed by atoms with Crippen LogP contribution < -0.4 is 5.32 Å². The zero-order valence-corrected chi connectivity index (χ0v) is 10.5. The summed E-state index contributed by atoms with van der Waals surface area (Å²) < 4.78 is 5.30. The molecule has 4 heteroatoms. The molecule has 16 heavy (non-hydrogen) atoms. The van der Waals surface area contributed by atoms with Crippen LogP contribution in [0.25, 0.3) is 0 Å². The molecular weight excluding hydrogens is 202 g/mol. The van der Waals surface area contributed by atoms with Crippen molar-refractivity contribution in [3.05, 3.63) is 0 Å². The summed E-state index contributed by atoms with van der Waals surface area (Å²) in [5.74, 6) is 0. The van der Waals surface area contributed by atoms with Gasteiger partial charge in [0.25, 0.3) is 0 Å². The van der Waals surface area contributed by atoms with E-state index in [1.54, 1.807) is 0 Å². The van der Waals surface area contributed by atoms with Crippen molar-refractivity contribution in [1.29, 1.82) is 5.26 Å². The number of hydrogen-bond acceptors (Lipinski definition) is 4. The molecule has 1 atom stereocenters. The lowest BCUT2D eigenvalue weighted by atomic mass is 9.97. The summed E-state index contributed by atoms with van der Waals surface area (Å²) in [5.41, 5.74) is -0.360. The van der Waals surface area contributed by atoms with Crippen LogP contribution in [-0.2, 0) is 4.74 Å². The van der Waals surface area contributed by atoms with E-state index in [4.69, 9.17) is 10.00 Å². The van der Waals surface area contributed by atoms with Gasteiger partial charge in [-0.1, -0.05) is 6.92 Å². The highest BCUT2D eigenvalue weighted by Gasteiger charge is 2.22. The Morgan fingerprint density at radius 1 is 1.44 bits per heavy atom. The van der Waals surface area contributed by atoms with Crippen molar-refractivity contribution < 1.29 is 4.74 Å². The number of nitrogens with zero attached hydrogens (tertiary/aromatic N) is 2. The van der Waals surface area contributed by atoms with Crippen molar-refractivity contribution in [2.45, 2.75) is 32.2 Å². The molecule has 4 nitrogen and oxygen atoms in total. The summed E-state index contributed by atoms with van der Waals surface area (Å²) >= 11 is 0. The lowest BCUT2D eigenvalue weighted by Gasteiger charge is -2.28. The first-order valence-electron chi connectivity index (χ1n) is 6.16. The van der Waals surface area contributed by atoms with Gasteiger partial charge < -0.3 is 4.74 Å². The van der Waals surface area contributed by atoms with Crippen LogP contribution in [0.4, 0.5) is 0 Å². The number of hydrogen-bond donors (Lipinski definition) is 1. The Morgan fingerprint density at radius 3 is 2.69 bits per heavy atom. The van der Waals surface area contributed by atoms with E-state index in [2.05, 4.69) is 16.3 Å². The fraction of sp³-hybridized carbons (Fsp3) is 0.917. The van der Waals surface area contributed by atoms with Crippen molar-refractivity contribution in [3.8, 4) is 6.07 Å². The van der Waals surface area contributed by atoms with Crippen LogP contribution in [-0.4, -0.2) is 49.8 Å². The van der Waals surface area contributed by atoms with E-state index < -0.39 is 0 Å². The Morgan fingerprint density at radius 2 is 2.12 bits per heavy atom. The summed E-state index contributed by atoms with van der Waals surface area (Å²) in [6.45, 7) is 9.71. The summed E-state index contributed by atoms with van der Waals surface area (Å²) in [5, 5.41) is 12.3. The zero-order valence-electron chi connectivity index (χ0n) is 10.5. The van der Waals surface area contributed by atoms with Crippen molar-refractivity contribution in [2.75, 3.05) is 39.4 Å². The molecule has 0 aromatic heterocycles. The highest BCUT2D eigenvalue weighted by Crippen LogP contribution is 2.12. The predicted octanol–water partition coefficient (Wildman–Crippen LogP) is 0.991. The monoisotopic (exact) mass is 225 g/mol. The van der Waals surface area contributed by atoms with Crippen LogP contribution in [0, 0.1) is 11.3 Å². The molecule has 0 spiro atoms. The Labute approximate surface area is 98.6 Å². The number of nitriles is 1. The molecule has 0 aliphatic carbocycles. The van der Waals surface area contributed by atoms with E-state index in [9.17, 15) is 0 Å². The zero-order chi connectivity index (χ0) is 11.9. The Hall–Kier alpha value is -0.630. The fourth-order valence-electron chi connectivity index (χ4n) is 2.05. The largest absolute Gasteiger partial charge is 0.379 e. The summed E-state index contributed by atoms with van der Waals surface area (Å²) in [4.78, 5) is 2.41. The first-order valence-corrected chi connectivity index (χ1v) is 6.16. The van der Waals surface area contributed by atoms with E-state index in [1.165, 1.54) is 0 Å². The lowest BCUT2D eigenvalue weighted by molar-refractivity contribution is 0.0366. The van der Waals surface area contributed by atoms with Crippen molar-refractivity contribution in [2.24, 2.45) is 0 Å². The first-order chi connectivity index (χ1) is 7.70. The molecule has 1 aliphatic rings. The predicted molar refractivity (Wildman–Crippen MR) is 64.2 cm³/mol. The van der Waals surface area contributed by atoms with E-state index >= 15 is 0 Å². The average molecular weight is 225 g/mol. The Kier molecular flexibility index (Phi) is 5.75. The number of rotatable bonds is 6. The highest BCUT2D eigenvalue weighted by molar-refractivity contribution is 5.03. The minimum atomic E-state index is -0.360. The number of morpholine rings is 1. The van der Waals surface area contributed by atoms with Gasteiger partial charge in [-0.25, -0.2) is 0 Å². The fourth-order valence-corrected chi connectivity index (χ4v) is 2.05. The molecule has 1 rings (SSSR count). The molecule has 0 radical (unpaired) electrons. The molecule has 1 heterocycles. The molecule has 1 N–H and O–H groups in total. The van der Waals surface area contributed by atoms with Crippen LogP contribution in [0.5, 0.6) is 0 Å². The topological polar surface area (TPSA) is 48.3 Å². The van der Waals surface area contributed by atoms with Crippen molar-refractivity contribution in [1.82, 2.24) is 10.2 Å². The minimum Gasteiger partial charge on any atom is -0.379 e. The lowest BCUT2D eigenvalue weighted by Crippen LogP contribution is -2.42. The maximum Gasteiger partial charge on any atom is 0.103 e. The van der Waals surface area contributed by atoms with Crippen LogP contribution >= 0.6 is 0 Å². The van der Waals surface area contributed by atoms with Crippen LogP contribution in [0.1, 0.15) is 26.7 Å². The second-order valence-corrected chi connectivity index (χ2v) is 4.53. The van der Waals surface area contributed by atoms with Crippen LogP contribution in [0.15, 0.2) is 0 Å². The smallest absolute Gasteiger partial charge is 0.103 e. The first kappa shape index (κ1) is 13.4. The molecule has 0 saturated carbocycles.